The zero-order valence-corrected chi connectivity index (χ0v) is 12.6. The lowest BCUT2D eigenvalue weighted by Gasteiger charge is -2.32. The van der Waals surface area contributed by atoms with Gasteiger partial charge in [0.05, 0.1) is 11.2 Å². The van der Waals surface area contributed by atoms with Crippen LogP contribution < -0.4 is 10.8 Å². The third kappa shape index (κ3) is 2.14. The van der Waals surface area contributed by atoms with Gasteiger partial charge in [-0.2, -0.15) is 0 Å². The van der Waals surface area contributed by atoms with Gasteiger partial charge >= 0.3 is 7.12 Å². The average molecular weight is 275 g/mol. The Morgan fingerprint density at radius 3 is 2.20 bits per heavy atom. The predicted molar refractivity (Wildman–Crippen MR) is 79.4 cm³/mol. The fourth-order valence-electron chi connectivity index (χ4n) is 2.51. The van der Waals surface area contributed by atoms with Gasteiger partial charge in [0.15, 0.2) is 0 Å². The predicted octanol–water partition coefficient (Wildman–Crippen LogP) is 1.38. The Bertz CT molecular complexity index is 510. The molecule has 0 bridgehead atoms. The lowest BCUT2D eigenvalue weighted by atomic mass is 9.77. The van der Waals surface area contributed by atoms with E-state index in [-0.39, 0.29) is 17.0 Å². The second-order valence-electron chi connectivity index (χ2n) is 6.76. The third-order valence-corrected chi connectivity index (χ3v) is 4.81. The van der Waals surface area contributed by atoms with Gasteiger partial charge in [0.2, 0.25) is 0 Å². The van der Waals surface area contributed by atoms with Gasteiger partial charge in [0.1, 0.15) is 5.75 Å². The molecule has 0 amide bonds. The minimum absolute atomic E-state index is 0.257. The Balaban J connectivity index is 1.85. The van der Waals surface area contributed by atoms with Crippen LogP contribution in [0.25, 0.3) is 0 Å². The van der Waals surface area contributed by atoms with Crippen molar-refractivity contribution >= 4 is 12.6 Å². The minimum Gasteiger partial charge on any atom is -0.508 e. The molecule has 1 aromatic carbocycles. The molecule has 0 aromatic heterocycles. The first-order valence-corrected chi connectivity index (χ1v) is 7.19. The maximum atomic E-state index is 10.3. The minimum atomic E-state index is -0.506. The second kappa shape index (κ2) is 4.48. The molecule has 2 saturated heterocycles. The fraction of sp³-hybridized carbons (Fsp3) is 0.600. The molecule has 2 aliphatic rings. The first kappa shape index (κ1) is 13.9. The smallest absolute Gasteiger partial charge is 0.498 e. The maximum Gasteiger partial charge on any atom is 0.498 e. The van der Waals surface area contributed by atoms with Crippen molar-refractivity contribution in [3.05, 3.63) is 23.8 Å². The van der Waals surface area contributed by atoms with Gasteiger partial charge in [-0.1, -0.05) is 12.1 Å². The highest BCUT2D eigenvalue weighted by atomic mass is 16.7. The summed E-state index contributed by atoms with van der Waals surface area (Å²) < 4.78 is 12.0. The topological polar surface area (TPSA) is 50.7 Å². The van der Waals surface area contributed by atoms with Gasteiger partial charge in [0.25, 0.3) is 0 Å². The summed E-state index contributed by atoms with van der Waals surface area (Å²) in [5.41, 5.74) is 1.10. The van der Waals surface area contributed by atoms with E-state index >= 15 is 0 Å². The van der Waals surface area contributed by atoms with E-state index in [4.69, 9.17) is 9.31 Å². The number of hydrogen-bond donors (Lipinski definition) is 2. The van der Waals surface area contributed by atoms with Crippen molar-refractivity contribution in [2.24, 2.45) is 0 Å². The molecule has 2 fully saturated rings. The molecular formula is C15H22BNO3. The molecular weight excluding hydrogens is 253 g/mol. The first-order valence-electron chi connectivity index (χ1n) is 7.19. The molecule has 2 aliphatic heterocycles. The molecule has 2 N–H and O–H groups in total. The van der Waals surface area contributed by atoms with E-state index in [1.54, 1.807) is 0 Å². The Hall–Kier alpha value is -1.04. The molecule has 3 rings (SSSR count). The Morgan fingerprint density at radius 1 is 1.15 bits per heavy atom. The van der Waals surface area contributed by atoms with E-state index in [0.717, 1.165) is 13.1 Å². The molecule has 1 aromatic rings. The number of hydrogen-bond acceptors (Lipinski definition) is 4. The Kier molecular flexibility index (Phi) is 3.12. The van der Waals surface area contributed by atoms with Crippen LogP contribution in [0.3, 0.4) is 0 Å². The Morgan fingerprint density at radius 2 is 1.75 bits per heavy atom. The molecule has 108 valence electrons. The molecule has 4 nitrogen and oxygen atoms in total. The number of phenols is 1. The van der Waals surface area contributed by atoms with Crippen molar-refractivity contribution < 1.29 is 14.4 Å². The molecule has 0 atom stereocenters. The number of benzene rings is 1. The molecule has 0 aliphatic carbocycles. The molecule has 0 unspecified atom stereocenters. The quantitative estimate of drug-likeness (QED) is 0.801. The van der Waals surface area contributed by atoms with E-state index in [1.165, 1.54) is 5.56 Å². The third-order valence-electron chi connectivity index (χ3n) is 4.81. The molecule has 2 heterocycles. The van der Waals surface area contributed by atoms with Gasteiger partial charge in [-0.15, -0.1) is 0 Å². The van der Waals surface area contributed by atoms with Crippen LogP contribution in [0.2, 0.25) is 0 Å². The normalized spacial score (nSPS) is 24.7. The van der Waals surface area contributed by atoms with Crippen LogP contribution in [0.5, 0.6) is 5.75 Å². The van der Waals surface area contributed by atoms with Crippen LogP contribution in [0.4, 0.5) is 0 Å². The van der Waals surface area contributed by atoms with Crippen molar-refractivity contribution in [3.8, 4) is 5.75 Å². The summed E-state index contributed by atoms with van der Waals surface area (Å²) in [4.78, 5) is 0. The van der Waals surface area contributed by atoms with Gasteiger partial charge < -0.3 is 19.7 Å². The number of rotatable bonds is 2. The van der Waals surface area contributed by atoms with Crippen LogP contribution >= 0.6 is 0 Å². The van der Waals surface area contributed by atoms with E-state index in [9.17, 15) is 5.11 Å². The number of aromatic hydroxyl groups is 1. The van der Waals surface area contributed by atoms with E-state index in [2.05, 4.69) is 11.4 Å². The van der Waals surface area contributed by atoms with Crippen molar-refractivity contribution in [2.75, 3.05) is 13.1 Å². The monoisotopic (exact) mass is 275 g/mol. The zero-order valence-electron chi connectivity index (χ0n) is 12.6. The summed E-state index contributed by atoms with van der Waals surface area (Å²) >= 11 is 0. The molecule has 0 spiro atoms. The van der Waals surface area contributed by atoms with E-state index < -0.39 is 7.12 Å². The highest BCUT2D eigenvalue weighted by Crippen LogP contribution is 2.37. The lowest BCUT2D eigenvalue weighted by Crippen LogP contribution is -2.41. The zero-order chi connectivity index (χ0) is 14.5. The summed E-state index contributed by atoms with van der Waals surface area (Å²) in [6, 6.07) is 5.82. The highest BCUT2D eigenvalue weighted by molar-refractivity contribution is 6.63. The summed E-state index contributed by atoms with van der Waals surface area (Å²) in [5, 5.41) is 13.5. The van der Waals surface area contributed by atoms with Crippen LogP contribution in [-0.2, 0) is 9.31 Å². The molecule has 0 radical (unpaired) electrons. The first-order chi connectivity index (χ1) is 9.30. The Labute approximate surface area is 120 Å². The van der Waals surface area contributed by atoms with Crippen molar-refractivity contribution in [2.45, 2.75) is 44.8 Å². The largest absolute Gasteiger partial charge is 0.508 e. The maximum absolute atomic E-state index is 10.3. The SMILES string of the molecule is CC1(C)OB(c2ccc(C3CNC3)cc2O)OC1(C)C. The van der Waals surface area contributed by atoms with Gasteiger partial charge in [0, 0.05) is 24.5 Å². The van der Waals surface area contributed by atoms with Crippen molar-refractivity contribution in [1.29, 1.82) is 0 Å². The lowest BCUT2D eigenvalue weighted by molar-refractivity contribution is 0.00578. The summed E-state index contributed by atoms with van der Waals surface area (Å²) in [7, 11) is -0.506. The van der Waals surface area contributed by atoms with Gasteiger partial charge in [-0.3, -0.25) is 0 Å². The van der Waals surface area contributed by atoms with Crippen LogP contribution in [0.15, 0.2) is 18.2 Å². The average Bonchev–Trinajstić information content (AvgIpc) is 2.45. The van der Waals surface area contributed by atoms with Crippen molar-refractivity contribution in [3.63, 3.8) is 0 Å². The molecule has 5 heteroatoms. The molecule has 20 heavy (non-hydrogen) atoms. The number of phenolic OH excluding ortho intramolecular Hbond substituents is 1. The second-order valence-corrected chi connectivity index (χ2v) is 6.76. The summed E-state index contributed by atoms with van der Waals surface area (Å²) in [5.74, 6) is 0.765. The van der Waals surface area contributed by atoms with Gasteiger partial charge in [-0.25, -0.2) is 0 Å². The van der Waals surface area contributed by atoms with E-state index in [0.29, 0.717) is 11.4 Å². The van der Waals surface area contributed by atoms with Gasteiger partial charge in [-0.05, 0) is 39.3 Å². The van der Waals surface area contributed by atoms with Crippen LogP contribution in [-0.4, -0.2) is 36.5 Å². The fourth-order valence-corrected chi connectivity index (χ4v) is 2.51. The standard InChI is InChI=1S/C15H22BNO3/c1-14(2)15(3,4)20-16(19-14)12-6-5-10(7-13(12)18)11-8-17-9-11/h5-7,11,17-18H,8-9H2,1-4H3. The summed E-state index contributed by atoms with van der Waals surface area (Å²) in [6.07, 6.45) is 0. The number of nitrogens with one attached hydrogen (secondary N) is 1. The summed E-state index contributed by atoms with van der Waals surface area (Å²) in [6.45, 7) is 10.0. The van der Waals surface area contributed by atoms with Crippen molar-refractivity contribution in [1.82, 2.24) is 5.32 Å². The van der Waals surface area contributed by atoms with Crippen LogP contribution in [0.1, 0.15) is 39.2 Å². The van der Waals surface area contributed by atoms with E-state index in [1.807, 2.05) is 39.8 Å². The molecule has 0 saturated carbocycles. The van der Waals surface area contributed by atoms with Crippen LogP contribution in [0, 0.1) is 0 Å². The highest BCUT2D eigenvalue weighted by Gasteiger charge is 2.52.